The van der Waals surface area contributed by atoms with Crippen LogP contribution < -0.4 is 0 Å². The number of ether oxygens (including phenoxy) is 2. The molecule has 0 aromatic rings. The molecule has 5 fully saturated rings. The van der Waals surface area contributed by atoms with E-state index in [9.17, 15) is 9.59 Å². The smallest absolute Gasteiger partial charge is 0.172 e. The van der Waals surface area contributed by atoms with Gasteiger partial charge in [-0.2, -0.15) is 0 Å². The van der Waals surface area contributed by atoms with Gasteiger partial charge in [0, 0.05) is 37.0 Å². The van der Waals surface area contributed by atoms with E-state index in [2.05, 4.69) is 13.8 Å². The fourth-order valence-electron chi connectivity index (χ4n) is 7.54. The molecule has 5 aliphatic rings. The Kier molecular flexibility index (Phi) is 3.39. The third kappa shape index (κ3) is 2.01. The van der Waals surface area contributed by atoms with E-state index in [0.29, 0.717) is 54.9 Å². The molecule has 0 N–H and O–H groups in total. The van der Waals surface area contributed by atoms with Gasteiger partial charge in [0.25, 0.3) is 0 Å². The van der Waals surface area contributed by atoms with Gasteiger partial charge in [-0.25, -0.2) is 0 Å². The minimum Gasteiger partial charge on any atom is -0.347 e. The van der Waals surface area contributed by atoms with Crippen LogP contribution in [0, 0.1) is 34.5 Å². The average Bonchev–Trinajstić information content (AvgIpc) is 3.16. The summed E-state index contributed by atoms with van der Waals surface area (Å²) < 4.78 is 12.6. The highest BCUT2D eigenvalue weighted by Crippen LogP contribution is 2.68. The Bertz CT molecular complexity index is 621. The summed E-state index contributed by atoms with van der Waals surface area (Å²) in [6.07, 6.45) is 7.07. The molecule has 6 atom stereocenters. The van der Waals surface area contributed by atoms with Crippen molar-refractivity contribution in [3.63, 3.8) is 0 Å². The number of carbonyl (C=O) groups excluding carboxylic acids is 2. The van der Waals surface area contributed by atoms with Crippen LogP contribution in [0.3, 0.4) is 0 Å². The van der Waals surface area contributed by atoms with Gasteiger partial charge in [-0.1, -0.05) is 13.8 Å². The topological polar surface area (TPSA) is 52.6 Å². The predicted molar refractivity (Wildman–Crippen MR) is 91.8 cm³/mol. The number of hydrogen-bond donors (Lipinski definition) is 0. The molecule has 0 amide bonds. The van der Waals surface area contributed by atoms with E-state index in [0.717, 1.165) is 44.9 Å². The number of rotatable bonds is 0. The van der Waals surface area contributed by atoms with Gasteiger partial charge >= 0.3 is 0 Å². The maximum atomic E-state index is 12.7. The molecule has 0 aromatic heterocycles. The zero-order chi connectivity index (χ0) is 17.4. The minimum atomic E-state index is -0.538. The molecule has 4 heteroatoms. The van der Waals surface area contributed by atoms with Gasteiger partial charge < -0.3 is 9.47 Å². The lowest BCUT2D eigenvalue weighted by Crippen LogP contribution is -2.63. The molecule has 0 radical (unpaired) electrons. The van der Waals surface area contributed by atoms with E-state index in [1.165, 1.54) is 0 Å². The molecule has 1 spiro atoms. The standard InChI is InChI=1S/C21H30O4/c1-19-7-5-14(22)11-13(19)12-21(24-9-10-25-21)18-15-3-4-17(23)20(15,2)8-6-16(18)19/h13,15-16,18H,3-12H2,1-2H3/t13-,15+,16+,18+,19+,20+/m1/s1. The Morgan fingerprint density at radius 3 is 2.48 bits per heavy atom. The van der Waals surface area contributed by atoms with Gasteiger partial charge in [-0.05, 0) is 48.9 Å². The molecular weight excluding hydrogens is 316 g/mol. The fourth-order valence-corrected chi connectivity index (χ4v) is 7.54. The first kappa shape index (κ1) is 16.4. The van der Waals surface area contributed by atoms with Crippen molar-refractivity contribution in [1.29, 1.82) is 0 Å². The van der Waals surface area contributed by atoms with E-state index in [-0.39, 0.29) is 10.8 Å². The molecule has 4 aliphatic carbocycles. The van der Waals surface area contributed by atoms with Gasteiger partial charge in [0.15, 0.2) is 5.79 Å². The Morgan fingerprint density at radius 1 is 0.960 bits per heavy atom. The first-order valence-corrected chi connectivity index (χ1v) is 10.2. The van der Waals surface area contributed by atoms with Gasteiger partial charge in [0.05, 0.1) is 13.2 Å². The summed E-state index contributed by atoms with van der Waals surface area (Å²) in [6, 6.07) is 0. The molecule has 0 aromatic carbocycles. The molecule has 1 heterocycles. The monoisotopic (exact) mass is 346 g/mol. The van der Waals surface area contributed by atoms with Crippen LogP contribution >= 0.6 is 0 Å². The normalized spacial score (nSPS) is 51.3. The lowest BCUT2D eigenvalue weighted by molar-refractivity contribution is -0.292. The van der Waals surface area contributed by atoms with Crippen molar-refractivity contribution in [2.24, 2.45) is 34.5 Å². The van der Waals surface area contributed by atoms with Crippen molar-refractivity contribution < 1.29 is 19.1 Å². The second kappa shape index (κ2) is 5.16. The van der Waals surface area contributed by atoms with E-state index >= 15 is 0 Å². The van der Waals surface area contributed by atoms with Crippen LogP contribution in [0.5, 0.6) is 0 Å². The minimum absolute atomic E-state index is 0.183. The zero-order valence-electron chi connectivity index (χ0n) is 15.5. The second-order valence-corrected chi connectivity index (χ2v) is 9.82. The van der Waals surface area contributed by atoms with E-state index in [4.69, 9.17) is 9.47 Å². The number of Topliss-reactive ketones (excluding diaryl/α,β-unsaturated/α-hetero) is 2. The third-order valence-corrected chi connectivity index (χ3v) is 8.99. The van der Waals surface area contributed by atoms with Gasteiger partial charge in [-0.3, -0.25) is 9.59 Å². The summed E-state index contributed by atoms with van der Waals surface area (Å²) in [4.78, 5) is 24.9. The van der Waals surface area contributed by atoms with E-state index in [1.54, 1.807) is 0 Å². The molecule has 4 saturated carbocycles. The van der Waals surface area contributed by atoms with E-state index < -0.39 is 5.79 Å². The third-order valence-electron chi connectivity index (χ3n) is 8.99. The molecular formula is C21H30O4. The molecule has 1 saturated heterocycles. The summed E-state index contributed by atoms with van der Waals surface area (Å²) in [5.74, 6) is 1.91. The van der Waals surface area contributed by atoms with Crippen molar-refractivity contribution in [3.8, 4) is 0 Å². The molecule has 0 bridgehead atoms. The maximum absolute atomic E-state index is 12.7. The lowest BCUT2D eigenvalue weighted by Gasteiger charge is -2.63. The lowest BCUT2D eigenvalue weighted by atomic mass is 9.43. The fraction of sp³-hybridized carbons (Fsp3) is 0.905. The van der Waals surface area contributed by atoms with Crippen molar-refractivity contribution in [1.82, 2.24) is 0 Å². The first-order chi connectivity index (χ1) is 11.9. The molecule has 138 valence electrons. The summed E-state index contributed by atoms with van der Waals surface area (Å²) >= 11 is 0. The summed E-state index contributed by atoms with van der Waals surface area (Å²) in [6.45, 7) is 5.92. The number of ketones is 2. The molecule has 4 nitrogen and oxygen atoms in total. The quantitative estimate of drug-likeness (QED) is 0.673. The van der Waals surface area contributed by atoms with Crippen LogP contribution in [0.1, 0.15) is 65.2 Å². The predicted octanol–water partition coefficient (Wildman–Crippen LogP) is 3.52. The van der Waals surface area contributed by atoms with Crippen molar-refractivity contribution >= 4 is 11.6 Å². The number of carbonyl (C=O) groups is 2. The second-order valence-electron chi connectivity index (χ2n) is 9.82. The largest absolute Gasteiger partial charge is 0.347 e. The highest BCUT2D eigenvalue weighted by atomic mass is 16.7. The van der Waals surface area contributed by atoms with Crippen LogP contribution in [0.4, 0.5) is 0 Å². The molecule has 25 heavy (non-hydrogen) atoms. The van der Waals surface area contributed by atoms with Gasteiger partial charge in [0.2, 0.25) is 0 Å². The molecule has 1 aliphatic heterocycles. The Hall–Kier alpha value is -0.740. The zero-order valence-corrected chi connectivity index (χ0v) is 15.5. The number of fused-ring (bicyclic) bond motifs is 6. The van der Waals surface area contributed by atoms with Crippen LogP contribution in [0.25, 0.3) is 0 Å². The molecule has 5 rings (SSSR count). The van der Waals surface area contributed by atoms with E-state index in [1.807, 2.05) is 0 Å². The Morgan fingerprint density at radius 2 is 1.72 bits per heavy atom. The average molecular weight is 346 g/mol. The number of hydrogen-bond acceptors (Lipinski definition) is 4. The SMILES string of the molecule is C[C@]12CCC(=O)C[C@@H]1CC1(OCCO1)[C@@H]1[C@@H]2CC[C@]2(C)C(=O)CC[C@@H]12. The Balaban J connectivity index is 1.60. The highest BCUT2D eigenvalue weighted by molar-refractivity contribution is 5.87. The van der Waals surface area contributed by atoms with Crippen molar-refractivity contribution in [2.75, 3.05) is 13.2 Å². The highest BCUT2D eigenvalue weighted by Gasteiger charge is 2.68. The van der Waals surface area contributed by atoms with Gasteiger partial charge in [-0.15, -0.1) is 0 Å². The summed E-state index contributed by atoms with van der Waals surface area (Å²) in [5.41, 5.74) is 0.0171. The summed E-state index contributed by atoms with van der Waals surface area (Å²) in [7, 11) is 0. The molecule has 0 unspecified atom stereocenters. The van der Waals surface area contributed by atoms with Crippen LogP contribution in [0.15, 0.2) is 0 Å². The van der Waals surface area contributed by atoms with Crippen molar-refractivity contribution in [3.05, 3.63) is 0 Å². The van der Waals surface area contributed by atoms with Gasteiger partial charge in [0.1, 0.15) is 11.6 Å². The van der Waals surface area contributed by atoms with Crippen LogP contribution in [-0.2, 0) is 19.1 Å². The van der Waals surface area contributed by atoms with Crippen molar-refractivity contribution in [2.45, 2.75) is 71.0 Å². The van der Waals surface area contributed by atoms with Crippen LogP contribution in [-0.4, -0.2) is 30.6 Å². The van der Waals surface area contributed by atoms with Crippen LogP contribution in [0.2, 0.25) is 0 Å². The Labute approximate surface area is 150 Å². The summed E-state index contributed by atoms with van der Waals surface area (Å²) in [5, 5.41) is 0. The maximum Gasteiger partial charge on any atom is 0.172 e. The first-order valence-electron chi connectivity index (χ1n) is 10.2.